The minimum atomic E-state index is -0.958. The van der Waals surface area contributed by atoms with Crippen LogP contribution in [0.15, 0.2) is 24.3 Å². The molecule has 2 N–H and O–H groups in total. The fraction of sp³-hybridized carbons (Fsp3) is 0.143. The monoisotopic (exact) mass is 242 g/mol. The van der Waals surface area contributed by atoms with Gasteiger partial charge in [-0.3, -0.25) is 0 Å². The maximum Gasteiger partial charge on any atom is 0.335 e. The summed E-state index contributed by atoms with van der Waals surface area (Å²) in [6.07, 6.45) is 1.19. The minimum absolute atomic E-state index is 0.281. The largest absolute Gasteiger partial charge is 0.478 e. The van der Waals surface area contributed by atoms with Crippen LogP contribution in [0, 0.1) is 0 Å². The molecule has 0 spiro atoms. The van der Waals surface area contributed by atoms with E-state index < -0.39 is 11.9 Å². The highest BCUT2D eigenvalue weighted by Gasteiger charge is 2.24. The van der Waals surface area contributed by atoms with Crippen molar-refractivity contribution in [2.45, 2.75) is 12.8 Å². The lowest BCUT2D eigenvalue weighted by molar-refractivity contribution is 0.0685. The lowest BCUT2D eigenvalue weighted by Gasteiger charge is -2.07. The average Bonchev–Trinajstić information content (AvgIpc) is 2.75. The Kier molecular flexibility index (Phi) is 2.13. The molecule has 0 heterocycles. The zero-order valence-electron chi connectivity index (χ0n) is 9.43. The van der Waals surface area contributed by atoms with Crippen molar-refractivity contribution in [2.75, 3.05) is 0 Å². The number of aromatic carboxylic acids is 2. The summed E-state index contributed by atoms with van der Waals surface area (Å²) in [7, 11) is 0. The molecule has 0 aliphatic heterocycles. The van der Waals surface area contributed by atoms with Crippen molar-refractivity contribution in [1.82, 2.24) is 0 Å². The summed E-state index contributed by atoms with van der Waals surface area (Å²) >= 11 is 0. The zero-order chi connectivity index (χ0) is 12.9. The van der Waals surface area contributed by atoms with E-state index in [1.807, 2.05) is 0 Å². The molecule has 4 heteroatoms. The van der Waals surface area contributed by atoms with Crippen molar-refractivity contribution < 1.29 is 19.8 Å². The molecule has 18 heavy (non-hydrogen) atoms. The number of carboxylic acid groups (broad SMARTS) is 2. The summed E-state index contributed by atoms with van der Waals surface area (Å²) in [4.78, 5) is 22.3. The number of rotatable bonds is 2. The Morgan fingerprint density at radius 2 is 1.28 bits per heavy atom. The second-order valence-corrected chi connectivity index (χ2v) is 4.39. The Bertz CT molecular complexity index is 644. The second-order valence-electron chi connectivity index (χ2n) is 4.39. The third-order valence-electron chi connectivity index (χ3n) is 3.49. The van der Waals surface area contributed by atoms with Crippen LogP contribution in [0.5, 0.6) is 0 Å². The second kappa shape index (κ2) is 3.57. The maximum absolute atomic E-state index is 11.1. The molecule has 4 nitrogen and oxygen atoms in total. The molecule has 3 rings (SSSR count). The van der Waals surface area contributed by atoms with Crippen LogP contribution in [0.3, 0.4) is 0 Å². The highest BCUT2D eigenvalue weighted by Crippen LogP contribution is 2.35. The Balaban J connectivity index is 2.42. The Morgan fingerprint density at radius 1 is 0.833 bits per heavy atom. The molecule has 2 aromatic carbocycles. The molecular formula is C14H10O4. The van der Waals surface area contributed by atoms with Gasteiger partial charge in [-0.25, -0.2) is 9.59 Å². The summed E-state index contributed by atoms with van der Waals surface area (Å²) in [6.45, 7) is 0. The summed E-state index contributed by atoms with van der Waals surface area (Å²) in [5, 5.41) is 20.0. The Hall–Kier alpha value is -2.36. The van der Waals surface area contributed by atoms with E-state index in [1.165, 1.54) is 0 Å². The smallest absolute Gasteiger partial charge is 0.335 e. The van der Waals surface area contributed by atoms with Crippen LogP contribution in [-0.2, 0) is 12.8 Å². The summed E-state index contributed by atoms with van der Waals surface area (Å²) < 4.78 is 0. The van der Waals surface area contributed by atoms with Crippen LogP contribution < -0.4 is 0 Å². The van der Waals surface area contributed by atoms with Gasteiger partial charge in [0, 0.05) is 0 Å². The summed E-state index contributed by atoms with van der Waals surface area (Å²) in [5.74, 6) is -1.92. The van der Waals surface area contributed by atoms with Crippen LogP contribution in [0.2, 0.25) is 0 Å². The molecular weight excluding hydrogens is 232 g/mol. The fourth-order valence-corrected chi connectivity index (χ4v) is 2.74. The van der Waals surface area contributed by atoms with Crippen LogP contribution in [0.25, 0.3) is 10.8 Å². The van der Waals surface area contributed by atoms with E-state index in [-0.39, 0.29) is 11.1 Å². The molecule has 0 unspecified atom stereocenters. The van der Waals surface area contributed by atoms with E-state index >= 15 is 0 Å². The van der Waals surface area contributed by atoms with Crippen molar-refractivity contribution in [3.63, 3.8) is 0 Å². The van der Waals surface area contributed by atoms with Crippen LogP contribution in [0.4, 0.5) is 0 Å². The highest BCUT2D eigenvalue weighted by molar-refractivity contribution is 6.04. The van der Waals surface area contributed by atoms with E-state index in [9.17, 15) is 9.59 Å². The van der Waals surface area contributed by atoms with Crippen molar-refractivity contribution in [2.24, 2.45) is 0 Å². The van der Waals surface area contributed by atoms with Gasteiger partial charge in [0.15, 0.2) is 0 Å². The van der Waals surface area contributed by atoms with Crippen molar-refractivity contribution in [3.05, 3.63) is 46.5 Å². The molecule has 0 radical (unpaired) electrons. The van der Waals surface area contributed by atoms with E-state index in [0.29, 0.717) is 12.8 Å². The molecule has 0 aromatic heterocycles. The fourth-order valence-electron chi connectivity index (χ4n) is 2.74. The number of carbonyl (C=O) groups is 2. The maximum atomic E-state index is 11.1. The molecule has 1 aliphatic rings. The first-order chi connectivity index (χ1) is 8.59. The van der Waals surface area contributed by atoms with E-state index in [1.54, 1.807) is 24.3 Å². The minimum Gasteiger partial charge on any atom is -0.478 e. The molecule has 0 fully saturated rings. The topological polar surface area (TPSA) is 74.6 Å². The third kappa shape index (κ3) is 1.32. The molecule has 0 saturated carbocycles. The molecule has 2 aromatic rings. The predicted molar refractivity (Wildman–Crippen MR) is 65.3 cm³/mol. The first-order valence-electron chi connectivity index (χ1n) is 5.63. The van der Waals surface area contributed by atoms with Gasteiger partial charge in [-0.15, -0.1) is 0 Å². The van der Waals surface area contributed by atoms with Crippen LogP contribution in [0.1, 0.15) is 31.8 Å². The molecule has 0 atom stereocenters. The average molecular weight is 242 g/mol. The van der Waals surface area contributed by atoms with Gasteiger partial charge in [-0.05, 0) is 46.9 Å². The molecule has 0 amide bonds. The third-order valence-corrected chi connectivity index (χ3v) is 3.49. The van der Waals surface area contributed by atoms with Crippen molar-refractivity contribution in [3.8, 4) is 0 Å². The first-order valence-corrected chi connectivity index (χ1v) is 5.63. The summed E-state index contributed by atoms with van der Waals surface area (Å²) in [6, 6.07) is 6.66. The first kappa shape index (κ1) is 10.8. The lowest BCUT2D eigenvalue weighted by Crippen LogP contribution is -2.02. The van der Waals surface area contributed by atoms with Gasteiger partial charge >= 0.3 is 11.9 Å². The number of aryl methyl sites for hydroxylation is 2. The SMILES string of the molecule is O=C(O)c1ccc2ccc(C(=O)O)c3c2c1CC3. The molecule has 0 bridgehead atoms. The van der Waals surface area contributed by atoms with E-state index in [2.05, 4.69) is 0 Å². The van der Waals surface area contributed by atoms with E-state index in [4.69, 9.17) is 10.2 Å². The predicted octanol–water partition coefficient (Wildman–Crippen LogP) is 2.33. The van der Waals surface area contributed by atoms with Gasteiger partial charge in [0.05, 0.1) is 11.1 Å². The van der Waals surface area contributed by atoms with Gasteiger partial charge in [0.25, 0.3) is 0 Å². The van der Waals surface area contributed by atoms with Crippen molar-refractivity contribution in [1.29, 1.82) is 0 Å². The van der Waals surface area contributed by atoms with E-state index in [0.717, 1.165) is 21.9 Å². The lowest BCUT2D eigenvalue weighted by atomic mass is 9.97. The van der Waals surface area contributed by atoms with Crippen molar-refractivity contribution >= 4 is 22.7 Å². The summed E-state index contributed by atoms with van der Waals surface area (Å²) in [5.41, 5.74) is 2.09. The van der Waals surface area contributed by atoms with Gasteiger partial charge in [-0.2, -0.15) is 0 Å². The quantitative estimate of drug-likeness (QED) is 0.847. The normalized spacial score (nSPS) is 12.9. The highest BCUT2D eigenvalue weighted by atomic mass is 16.4. The molecule has 1 aliphatic carbocycles. The Morgan fingerprint density at radius 3 is 1.67 bits per heavy atom. The Labute approximate surface area is 102 Å². The van der Waals surface area contributed by atoms with Crippen LogP contribution >= 0.6 is 0 Å². The molecule has 0 saturated heterocycles. The number of hydrogen-bond donors (Lipinski definition) is 2. The van der Waals surface area contributed by atoms with Gasteiger partial charge < -0.3 is 10.2 Å². The molecule has 90 valence electrons. The number of carboxylic acids is 2. The number of hydrogen-bond acceptors (Lipinski definition) is 2. The zero-order valence-corrected chi connectivity index (χ0v) is 9.43. The number of benzene rings is 2. The van der Waals surface area contributed by atoms with Gasteiger partial charge in [0.2, 0.25) is 0 Å². The van der Waals surface area contributed by atoms with Gasteiger partial charge in [-0.1, -0.05) is 12.1 Å². The van der Waals surface area contributed by atoms with Gasteiger partial charge in [0.1, 0.15) is 0 Å². The van der Waals surface area contributed by atoms with Crippen LogP contribution in [-0.4, -0.2) is 22.2 Å². The standard InChI is InChI=1S/C14H10O4/c15-13(16)10-3-1-7-2-4-11(14(17)18)9-6-5-8(10)12(7)9/h1-4H,5-6H2,(H,15,16)(H,17,18).